The van der Waals surface area contributed by atoms with Crippen LogP contribution in [0.4, 0.5) is 11.4 Å². The molecule has 0 fully saturated rings. The predicted octanol–water partition coefficient (Wildman–Crippen LogP) is 7.58. The molecule has 0 atom stereocenters. The maximum atomic E-state index is 11.1. The Labute approximate surface area is 218 Å². The van der Waals surface area contributed by atoms with Crippen molar-refractivity contribution in [2.75, 3.05) is 23.9 Å². The topological polar surface area (TPSA) is 46.9 Å². The molecule has 0 amide bonds. The number of anilines is 2. The third-order valence-corrected chi connectivity index (χ3v) is 6.80. The molecular weight excluding hydrogens is 444 g/mol. The number of rotatable bonds is 6. The summed E-state index contributed by atoms with van der Waals surface area (Å²) in [6, 6.07) is 16.6. The molecule has 4 nitrogen and oxygen atoms in total. The highest BCUT2D eigenvalue weighted by molar-refractivity contribution is 5.71. The van der Waals surface area contributed by atoms with Gasteiger partial charge in [-0.1, -0.05) is 89.1 Å². The van der Waals surface area contributed by atoms with Gasteiger partial charge in [-0.15, -0.1) is 0 Å². The Kier molecular flexibility index (Phi) is 7.69. The van der Waals surface area contributed by atoms with Crippen molar-refractivity contribution in [1.29, 1.82) is 0 Å². The van der Waals surface area contributed by atoms with Gasteiger partial charge in [-0.25, -0.2) is 0 Å². The molecule has 3 aromatic rings. The molecule has 4 heteroatoms. The summed E-state index contributed by atoms with van der Waals surface area (Å²) in [5.41, 5.74) is 7.96. The second kappa shape index (κ2) is 10.1. The fourth-order valence-electron chi connectivity index (χ4n) is 4.88. The molecule has 0 saturated heterocycles. The van der Waals surface area contributed by atoms with Crippen LogP contribution in [-0.4, -0.2) is 24.3 Å². The van der Waals surface area contributed by atoms with Gasteiger partial charge < -0.3 is 20.0 Å². The van der Waals surface area contributed by atoms with Crippen LogP contribution >= 0.6 is 0 Å². The summed E-state index contributed by atoms with van der Waals surface area (Å²) in [7, 11) is 4.13. The van der Waals surface area contributed by atoms with Gasteiger partial charge in [0.25, 0.3) is 0 Å². The van der Waals surface area contributed by atoms with Crippen molar-refractivity contribution >= 4 is 11.4 Å². The number of phenolic OH excluding ortho intramolecular Hbond substituents is 2. The van der Waals surface area contributed by atoms with E-state index in [1.165, 1.54) is 0 Å². The van der Waals surface area contributed by atoms with Crippen LogP contribution in [0.1, 0.15) is 74.9 Å². The SMILES string of the molecule is Cc1cc(CN(C)c2ccccc2N(C)Cc2cc(C)cc(C(C)(C)C)c2O)c(O)c(C(C)(C)C)c1. The van der Waals surface area contributed by atoms with Crippen molar-refractivity contribution in [2.24, 2.45) is 0 Å². The van der Waals surface area contributed by atoms with Crippen LogP contribution in [0.15, 0.2) is 48.5 Å². The smallest absolute Gasteiger partial charge is 0.124 e. The highest BCUT2D eigenvalue weighted by Gasteiger charge is 2.23. The number of nitrogens with zero attached hydrogens (tertiary/aromatic N) is 2. The van der Waals surface area contributed by atoms with E-state index in [1.54, 1.807) is 0 Å². The molecule has 0 aliphatic rings. The molecule has 0 spiro atoms. The molecule has 2 N–H and O–H groups in total. The number of hydrogen-bond donors (Lipinski definition) is 2. The van der Waals surface area contributed by atoms with Crippen LogP contribution < -0.4 is 9.80 Å². The average molecular weight is 489 g/mol. The molecule has 3 aromatic carbocycles. The van der Waals surface area contributed by atoms with Gasteiger partial charge in [0.2, 0.25) is 0 Å². The molecule has 0 unspecified atom stereocenters. The number of para-hydroxylation sites is 2. The Hall–Kier alpha value is -3.14. The Morgan fingerprint density at radius 2 is 0.944 bits per heavy atom. The molecule has 0 bridgehead atoms. The number of hydrogen-bond acceptors (Lipinski definition) is 4. The van der Waals surface area contributed by atoms with Crippen molar-refractivity contribution in [3.8, 4) is 11.5 Å². The minimum Gasteiger partial charge on any atom is -0.507 e. The summed E-state index contributed by atoms with van der Waals surface area (Å²) in [5.74, 6) is 0.760. The van der Waals surface area contributed by atoms with Crippen LogP contribution in [0.3, 0.4) is 0 Å². The van der Waals surface area contributed by atoms with E-state index in [0.29, 0.717) is 24.6 Å². The number of aryl methyl sites for hydroxylation is 2. The zero-order valence-corrected chi connectivity index (χ0v) is 23.8. The zero-order valence-electron chi connectivity index (χ0n) is 23.8. The van der Waals surface area contributed by atoms with Crippen molar-refractivity contribution < 1.29 is 10.2 Å². The molecule has 194 valence electrons. The maximum absolute atomic E-state index is 11.1. The second-order valence-corrected chi connectivity index (χ2v) is 12.3. The largest absolute Gasteiger partial charge is 0.507 e. The molecule has 3 rings (SSSR count). The lowest BCUT2D eigenvalue weighted by molar-refractivity contribution is 0.439. The molecule has 36 heavy (non-hydrogen) atoms. The highest BCUT2D eigenvalue weighted by atomic mass is 16.3. The van der Waals surface area contributed by atoms with Gasteiger partial charge in [0.15, 0.2) is 0 Å². The van der Waals surface area contributed by atoms with Crippen molar-refractivity contribution in [3.63, 3.8) is 0 Å². The Morgan fingerprint density at radius 1 is 0.611 bits per heavy atom. The molecule has 0 radical (unpaired) electrons. The summed E-state index contributed by atoms with van der Waals surface area (Å²) in [6.07, 6.45) is 0. The second-order valence-electron chi connectivity index (χ2n) is 12.3. The summed E-state index contributed by atoms with van der Waals surface area (Å²) in [6.45, 7) is 18.1. The van der Waals surface area contributed by atoms with E-state index in [9.17, 15) is 10.2 Å². The van der Waals surface area contributed by atoms with Gasteiger partial charge in [0.1, 0.15) is 11.5 Å². The van der Waals surface area contributed by atoms with E-state index in [2.05, 4.69) is 116 Å². The van der Waals surface area contributed by atoms with Crippen molar-refractivity contribution in [2.45, 2.75) is 79.3 Å². The summed E-state index contributed by atoms with van der Waals surface area (Å²) in [4.78, 5) is 4.37. The van der Waals surface area contributed by atoms with Gasteiger partial charge in [-0.2, -0.15) is 0 Å². The number of aromatic hydroxyl groups is 2. The van der Waals surface area contributed by atoms with E-state index < -0.39 is 0 Å². The highest BCUT2D eigenvalue weighted by Crippen LogP contribution is 2.38. The lowest BCUT2D eigenvalue weighted by atomic mass is 9.84. The minimum absolute atomic E-state index is 0.136. The van der Waals surface area contributed by atoms with Crippen LogP contribution in [0.5, 0.6) is 11.5 Å². The van der Waals surface area contributed by atoms with Gasteiger partial charge in [0, 0.05) is 38.3 Å². The Morgan fingerprint density at radius 3 is 1.25 bits per heavy atom. The molecule has 0 aliphatic heterocycles. The van der Waals surface area contributed by atoms with E-state index in [0.717, 1.165) is 44.8 Å². The fraction of sp³-hybridized carbons (Fsp3) is 0.438. The Balaban J connectivity index is 1.94. The van der Waals surface area contributed by atoms with E-state index in [1.807, 2.05) is 12.1 Å². The van der Waals surface area contributed by atoms with Crippen molar-refractivity contribution in [1.82, 2.24) is 0 Å². The monoisotopic (exact) mass is 488 g/mol. The maximum Gasteiger partial charge on any atom is 0.124 e. The summed E-state index contributed by atoms with van der Waals surface area (Å²) < 4.78 is 0. The molecule has 0 heterocycles. The molecule has 0 saturated carbocycles. The molecular formula is C32H44N2O2. The first kappa shape index (κ1) is 27.4. The van der Waals surface area contributed by atoms with Crippen LogP contribution in [0.2, 0.25) is 0 Å². The van der Waals surface area contributed by atoms with Gasteiger partial charge in [-0.3, -0.25) is 0 Å². The first-order chi connectivity index (χ1) is 16.6. The third-order valence-electron chi connectivity index (χ3n) is 6.80. The zero-order chi connectivity index (χ0) is 27.0. The molecule has 0 aromatic heterocycles. The minimum atomic E-state index is -0.136. The quantitative estimate of drug-likeness (QED) is 0.375. The normalized spacial score (nSPS) is 12.1. The average Bonchev–Trinajstić information content (AvgIpc) is 2.76. The molecule has 0 aliphatic carbocycles. The van der Waals surface area contributed by atoms with Crippen LogP contribution in [0.25, 0.3) is 0 Å². The third kappa shape index (κ3) is 5.98. The van der Waals surface area contributed by atoms with Gasteiger partial charge >= 0.3 is 0 Å². The lowest BCUT2D eigenvalue weighted by Gasteiger charge is -2.30. The number of phenols is 2. The summed E-state index contributed by atoms with van der Waals surface area (Å²) >= 11 is 0. The Bertz CT molecular complexity index is 1140. The fourth-order valence-corrected chi connectivity index (χ4v) is 4.88. The lowest BCUT2D eigenvalue weighted by Crippen LogP contribution is -2.24. The van der Waals surface area contributed by atoms with Crippen LogP contribution in [0, 0.1) is 13.8 Å². The van der Waals surface area contributed by atoms with Crippen molar-refractivity contribution in [3.05, 3.63) is 81.9 Å². The first-order valence-corrected chi connectivity index (χ1v) is 12.8. The predicted molar refractivity (Wildman–Crippen MR) is 154 cm³/mol. The van der Waals surface area contributed by atoms with Gasteiger partial charge in [-0.05, 0) is 47.9 Å². The van der Waals surface area contributed by atoms with E-state index >= 15 is 0 Å². The summed E-state index contributed by atoms with van der Waals surface area (Å²) in [5, 5.41) is 22.2. The van der Waals surface area contributed by atoms with Crippen LogP contribution in [-0.2, 0) is 23.9 Å². The number of benzene rings is 3. The van der Waals surface area contributed by atoms with E-state index in [4.69, 9.17) is 0 Å². The van der Waals surface area contributed by atoms with E-state index in [-0.39, 0.29) is 10.8 Å². The van der Waals surface area contributed by atoms with Gasteiger partial charge in [0.05, 0.1) is 11.4 Å². The standard InChI is InChI=1S/C32H44N2O2/c1-21-15-23(29(35)25(17-21)31(3,4)5)19-33(9)27-13-11-12-14-28(27)34(10)20-24-16-22(2)18-26(30(24)36)32(6,7)8/h11-18,35-36H,19-20H2,1-10H3. The first-order valence-electron chi connectivity index (χ1n) is 12.8.